The zero-order chi connectivity index (χ0) is 10.6. The van der Waals surface area contributed by atoms with Gasteiger partial charge in [-0.1, -0.05) is 30.3 Å². The van der Waals surface area contributed by atoms with Gasteiger partial charge in [0.2, 0.25) is 0 Å². The quantitative estimate of drug-likeness (QED) is 0.631. The third-order valence-corrected chi connectivity index (χ3v) is 1.97. The van der Waals surface area contributed by atoms with Crippen molar-refractivity contribution >= 4 is 5.97 Å². The number of aliphatic hydroxyl groups is 1. The molecule has 4 N–H and O–H groups in total. The molecule has 0 unspecified atom stereocenters. The Hall–Kier alpha value is -1.39. The van der Waals surface area contributed by atoms with E-state index in [1.54, 1.807) is 0 Å². The third-order valence-electron chi connectivity index (χ3n) is 1.97. The highest BCUT2D eigenvalue weighted by atomic mass is 16.4. The fourth-order valence-electron chi connectivity index (χ4n) is 1.18. The number of aliphatic hydroxyl groups excluding tert-OH is 1. The van der Waals surface area contributed by atoms with Crippen molar-refractivity contribution in [3.63, 3.8) is 0 Å². The molecular weight excluding hydrogens is 182 g/mol. The van der Waals surface area contributed by atoms with Gasteiger partial charge in [0.25, 0.3) is 0 Å². The normalized spacial score (nSPS) is 14.7. The van der Waals surface area contributed by atoms with E-state index in [9.17, 15) is 4.79 Å². The summed E-state index contributed by atoms with van der Waals surface area (Å²) in [5.41, 5.74) is 6.44. The second kappa shape index (κ2) is 4.74. The molecule has 4 heteroatoms. The van der Waals surface area contributed by atoms with Crippen LogP contribution in [0.15, 0.2) is 30.3 Å². The fraction of sp³-hybridized carbons (Fsp3) is 0.300. The van der Waals surface area contributed by atoms with E-state index in [4.69, 9.17) is 15.9 Å². The van der Waals surface area contributed by atoms with Gasteiger partial charge in [0.05, 0.1) is 0 Å². The lowest BCUT2D eigenvalue weighted by molar-refractivity contribution is -0.147. The van der Waals surface area contributed by atoms with Gasteiger partial charge in [-0.3, -0.25) is 0 Å². The van der Waals surface area contributed by atoms with Gasteiger partial charge in [0, 0.05) is 6.04 Å². The van der Waals surface area contributed by atoms with Crippen LogP contribution in [0.3, 0.4) is 0 Å². The van der Waals surface area contributed by atoms with Crippen LogP contribution >= 0.6 is 0 Å². The van der Waals surface area contributed by atoms with E-state index in [0.29, 0.717) is 6.42 Å². The van der Waals surface area contributed by atoms with E-state index in [2.05, 4.69) is 0 Å². The summed E-state index contributed by atoms with van der Waals surface area (Å²) in [6, 6.07) is 8.46. The van der Waals surface area contributed by atoms with Crippen LogP contribution in [0.2, 0.25) is 0 Å². The first-order chi connectivity index (χ1) is 6.61. The summed E-state index contributed by atoms with van der Waals surface area (Å²) in [6.45, 7) is 0. The Kier molecular flexibility index (Phi) is 3.62. The molecule has 4 nitrogen and oxygen atoms in total. The molecule has 0 aliphatic carbocycles. The maximum absolute atomic E-state index is 10.4. The van der Waals surface area contributed by atoms with Crippen molar-refractivity contribution < 1.29 is 15.0 Å². The third kappa shape index (κ3) is 2.83. The van der Waals surface area contributed by atoms with Gasteiger partial charge in [-0.2, -0.15) is 0 Å². The molecule has 0 amide bonds. The van der Waals surface area contributed by atoms with Crippen molar-refractivity contribution in [3.8, 4) is 0 Å². The van der Waals surface area contributed by atoms with Crippen LogP contribution < -0.4 is 5.73 Å². The van der Waals surface area contributed by atoms with E-state index in [1.807, 2.05) is 30.3 Å². The van der Waals surface area contributed by atoms with Crippen LogP contribution in [-0.2, 0) is 11.2 Å². The molecule has 14 heavy (non-hydrogen) atoms. The van der Waals surface area contributed by atoms with E-state index in [-0.39, 0.29) is 0 Å². The Morgan fingerprint density at radius 1 is 1.36 bits per heavy atom. The molecule has 1 aromatic rings. The summed E-state index contributed by atoms with van der Waals surface area (Å²) in [5.74, 6) is -1.28. The number of rotatable bonds is 4. The van der Waals surface area contributed by atoms with Gasteiger partial charge in [-0.05, 0) is 12.0 Å². The van der Waals surface area contributed by atoms with Crippen LogP contribution in [-0.4, -0.2) is 28.3 Å². The summed E-state index contributed by atoms with van der Waals surface area (Å²) < 4.78 is 0. The molecule has 0 saturated carbocycles. The Labute approximate surface area is 82.0 Å². The van der Waals surface area contributed by atoms with E-state index < -0.39 is 18.1 Å². The van der Waals surface area contributed by atoms with Crippen molar-refractivity contribution in [2.24, 2.45) is 5.73 Å². The minimum atomic E-state index is -1.50. The number of benzene rings is 1. The summed E-state index contributed by atoms with van der Waals surface area (Å²) >= 11 is 0. The predicted octanol–water partition coefficient (Wildman–Crippen LogP) is 0.00190. The maximum atomic E-state index is 10.4. The first-order valence-corrected chi connectivity index (χ1v) is 4.31. The highest BCUT2D eigenvalue weighted by molar-refractivity contribution is 5.72. The first-order valence-electron chi connectivity index (χ1n) is 4.31. The molecule has 1 rings (SSSR count). The van der Waals surface area contributed by atoms with Gasteiger partial charge >= 0.3 is 5.97 Å². The number of nitrogens with two attached hydrogens (primary N) is 1. The minimum absolute atomic E-state index is 0.355. The van der Waals surface area contributed by atoms with E-state index in [1.165, 1.54) is 0 Å². The van der Waals surface area contributed by atoms with Gasteiger partial charge in [-0.25, -0.2) is 4.79 Å². The van der Waals surface area contributed by atoms with Gasteiger partial charge in [0.15, 0.2) is 6.10 Å². The zero-order valence-electron chi connectivity index (χ0n) is 7.63. The van der Waals surface area contributed by atoms with Gasteiger partial charge < -0.3 is 15.9 Å². The van der Waals surface area contributed by atoms with Crippen LogP contribution in [0, 0.1) is 0 Å². The van der Waals surface area contributed by atoms with Crippen LogP contribution in [0.5, 0.6) is 0 Å². The number of carboxylic acids is 1. The molecule has 0 spiro atoms. The first kappa shape index (κ1) is 10.7. The molecule has 1 aromatic carbocycles. The summed E-state index contributed by atoms with van der Waals surface area (Å²) in [5, 5.41) is 17.6. The van der Waals surface area contributed by atoms with Crippen molar-refractivity contribution in [1.82, 2.24) is 0 Å². The van der Waals surface area contributed by atoms with Crippen LogP contribution in [0.4, 0.5) is 0 Å². The summed E-state index contributed by atoms with van der Waals surface area (Å²) in [4.78, 5) is 10.4. The largest absolute Gasteiger partial charge is 0.479 e. The number of hydrogen-bond acceptors (Lipinski definition) is 3. The standard InChI is InChI=1S/C10H13NO3/c11-8(9(12)10(13)14)6-7-4-2-1-3-5-7/h1-5,8-9,12H,6,11H2,(H,13,14)/t8-,9-/m0/s1. The van der Waals surface area contributed by atoms with Crippen molar-refractivity contribution in [2.45, 2.75) is 18.6 Å². The van der Waals surface area contributed by atoms with Crippen LogP contribution in [0.1, 0.15) is 5.56 Å². The molecular formula is C10H13NO3. The van der Waals surface area contributed by atoms with Crippen molar-refractivity contribution in [3.05, 3.63) is 35.9 Å². The lowest BCUT2D eigenvalue weighted by atomic mass is 10.0. The second-order valence-electron chi connectivity index (χ2n) is 3.14. The molecule has 0 radical (unpaired) electrons. The van der Waals surface area contributed by atoms with E-state index in [0.717, 1.165) is 5.56 Å². The average Bonchev–Trinajstić information content (AvgIpc) is 2.18. The molecule has 0 saturated heterocycles. The number of carboxylic acid groups (broad SMARTS) is 1. The van der Waals surface area contributed by atoms with Crippen LogP contribution in [0.25, 0.3) is 0 Å². The SMILES string of the molecule is N[C@@H](Cc1ccccc1)[C@H](O)C(=O)O. The van der Waals surface area contributed by atoms with Gasteiger partial charge in [-0.15, -0.1) is 0 Å². The number of hydrogen-bond donors (Lipinski definition) is 3. The predicted molar refractivity (Wildman–Crippen MR) is 51.8 cm³/mol. The number of carbonyl (C=O) groups is 1. The smallest absolute Gasteiger partial charge is 0.334 e. The Balaban J connectivity index is 2.57. The summed E-state index contributed by atoms with van der Waals surface area (Å²) in [7, 11) is 0. The molecule has 0 heterocycles. The van der Waals surface area contributed by atoms with Crippen molar-refractivity contribution in [2.75, 3.05) is 0 Å². The summed E-state index contributed by atoms with van der Waals surface area (Å²) in [6.07, 6.45) is -1.15. The fourth-order valence-corrected chi connectivity index (χ4v) is 1.18. The lowest BCUT2D eigenvalue weighted by Crippen LogP contribution is -2.41. The van der Waals surface area contributed by atoms with Crippen molar-refractivity contribution in [1.29, 1.82) is 0 Å². The molecule has 0 aromatic heterocycles. The maximum Gasteiger partial charge on any atom is 0.334 e. The topological polar surface area (TPSA) is 83.5 Å². The monoisotopic (exact) mass is 195 g/mol. The second-order valence-corrected chi connectivity index (χ2v) is 3.14. The highest BCUT2D eigenvalue weighted by Gasteiger charge is 2.21. The molecule has 2 atom stereocenters. The highest BCUT2D eigenvalue weighted by Crippen LogP contribution is 2.04. The molecule has 0 aliphatic heterocycles. The number of aliphatic carboxylic acids is 1. The van der Waals surface area contributed by atoms with E-state index >= 15 is 0 Å². The zero-order valence-corrected chi connectivity index (χ0v) is 7.63. The Morgan fingerprint density at radius 2 is 1.93 bits per heavy atom. The van der Waals surface area contributed by atoms with Gasteiger partial charge in [0.1, 0.15) is 0 Å². The lowest BCUT2D eigenvalue weighted by Gasteiger charge is -2.14. The minimum Gasteiger partial charge on any atom is -0.479 e. The molecule has 0 fully saturated rings. The average molecular weight is 195 g/mol. The molecule has 0 aliphatic rings. The Morgan fingerprint density at radius 3 is 2.43 bits per heavy atom. The molecule has 76 valence electrons. The molecule has 0 bridgehead atoms. The Bertz CT molecular complexity index is 299.